The van der Waals surface area contributed by atoms with E-state index in [9.17, 15) is 18.0 Å². The summed E-state index contributed by atoms with van der Waals surface area (Å²) < 4.78 is 28.3. The average Bonchev–Trinajstić information content (AvgIpc) is 2.89. The van der Waals surface area contributed by atoms with Gasteiger partial charge in [0.1, 0.15) is 12.6 Å². The Morgan fingerprint density at radius 3 is 2.27 bits per heavy atom. The Kier molecular flexibility index (Phi) is 9.97. The van der Waals surface area contributed by atoms with Crippen LogP contribution in [0.5, 0.6) is 0 Å². The summed E-state index contributed by atoms with van der Waals surface area (Å²) in [5.74, 6) is -0.916. The first kappa shape index (κ1) is 28.5. The Hall–Kier alpha value is -3.07. The van der Waals surface area contributed by atoms with E-state index in [1.165, 1.54) is 23.1 Å². The number of benzene rings is 3. The largest absolute Gasteiger partial charge is 0.354 e. The standard InChI is InChI=1S/C27H29Cl2N3O4S/c1-3-16-30-27(34)20(2)31(18-21-10-7-8-15-25(21)29)26(33)19-32(23-12-9-11-22(28)17-23)37(35,36)24-13-5-4-6-14-24/h4-15,17,20H,3,16,18-19H2,1-2H3,(H,30,34). The van der Waals surface area contributed by atoms with Crippen molar-refractivity contribution in [1.29, 1.82) is 0 Å². The predicted octanol–water partition coefficient (Wildman–Crippen LogP) is 5.13. The highest BCUT2D eigenvalue weighted by molar-refractivity contribution is 7.92. The summed E-state index contributed by atoms with van der Waals surface area (Å²) in [6.07, 6.45) is 0.731. The van der Waals surface area contributed by atoms with Crippen LogP contribution in [0.25, 0.3) is 0 Å². The van der Waals surface area contributed by atoms with Crippen LogP contribution in [0.15, 0.2) is 83.8 Å². The molecule has 0 heterocycles. The average molecular weight is 563 g/mol. The first-order valence-electron chi connectivity index (χ1n) is 11.8. The van der Waals surface area contributed by atoms with Crippen LogP contribution < -0.4 is 9.62 Å². The molecule has 1 N–H and O–H groups in total. The van der Waals surface area contributed by atoms with Crippen LogP contribution in [0.3, 0.4) is 0 Å². The lowest BCUT2D eigenvalue weighted by Gasteiger charge is -2.32. The molecule has 2 amide bonds. The highest BCUT2D eigenvalue weighted by atomic mass is 35.5. The third-order valence-corrected chi connectivity index (χ3v) is 8.11. The molecule has 10 heteroatoms. The SMILES string of the molecule is CCCNC(=O)C(C)N(Cc1ccccc1Cl)C(=O)CN(c1cccc(Cl)c1)S(=O)(=O)c1ccccc1. The fourth-order valence-corrected chi connectivity index (χ4v) is 5.48. The van der Waals surface area contributed by atoms with Crippen molar-refractivity contribution < 1.29 is 18.0 Å². The molecule has 0 aromatic heterocycles. The number of sulfonamides is 1. The smallest absolute Gasteiger partial charge is 0.264 e. The van der Waals surface area contributed by atoms with Crippen LogP contribution in [0.1, 0.15) is 25.8 Å². The second kappa shape index (κ2) is 12.9. The molecule has 1 unspecified atom stereocenters. The lowest BCUT2D eigenvalue weighted by molar-refractivity contribution is -0.139. The van der Waals surface area contributed by atoms with Gasteiger partial charge in [0.2, 0.25) is 11.8 Å². The van der Waals surface area contributed by atoms with E-state index in [1.807, 2.05) is 6.92 Å². The van der Waals surface area contributed by atoms with Crippen molar-refractivity contribution in [1.82, 2.24) is 10.2 Å². The Balaban J connectivity index is 2.02. The number of hydrogen-bond acceptors (Lipinski definition) is 4. The molecule has 0 saturated heterocycles. The normalized spacial score (nSPS) is 12.0. The number of carbonyl (C=O) groups is 2. The molecule has 0 spiro atoms. The van der Waals surface area contributed by atoms with Crippen molar-refractivity contribution in [2.24, 2.45) is 0 Å². The van der Waals surface area contributed by atoms with E-state index in [-0.39, 0.29) is 23.0 Å². The van der Waals surface area contributed by atoms with E-state index >= 15 is 0 Å². The van der Waals surface area contributed by atoms with Crippen LogP contribution >= 0.6 is 23.2 Å². The third kappa shape index (κ3) is 7.25. The maximum absolute atomic E-state index is 13.8. The van der Waals surface area contributed by atoms with Crippen molar-refractivity contribution in [3.8, 4) is 0 Å². The minimum absolute atomic E-state index is 0.0218. The third-order valence-electron chi connectivity index (χ3n) is 5.72. The van der Waals surface area contributed by atoms with Gasteiger partial charge in [0, 0.05) is 23.1 Å². The molecule has 1 atom stereocenters. The Bertz CT molecular complexity index is 1340. The summed E-state index contributed by atoms with van der Waals surface area (Å²) in [6, 6.07) is 20.2. The highest BCUT2D eigenvalue weighted by Gasteiger charge is 2.32. The fourth-order valence-electron chi connectivity index (χ4n) is 3.67. The number of halogens is 2. The molecular formula is C27H29Cl2N3O4S. The Labute approximate surface area is 228 Å². The number of nitrogens with one attached hydrogen (secondary N) is 1. The number of amides is 2. The van der Waals surface area contributed by atoms with Gasteiger partial charge in [0.15, 0.2) is 0 Å². The van der Waals surface area contributed by atoms with Crippen LogP contribution in [-0.2, 0) is 26.2 Å². The Morgan fingerprint density at radius 1 is 0.946 bits per heavy atom. The molecule has 0 bridgehead atoms. The summed E-state index contributed by atoms with van der Waals surface area (Å²) in [6.45, 7) is 3.46. The van der Waals surface area contributed by atoms with Gasteiger partial charge in [-0.05, 0) is 55.3 Å². The molecule has 0 radical (unpaired) electrons. The molecule has 3 aromatic rings. The summed E-state index contributed by atoms with van der Waals surface area (Å²) in [5, 5.41) is 3.55. The number of rotatable bonds is 11. The predicted molar refractivity (Wildman–Crippen MR) is 147 cm³/mol. The maximum atomic E-state index is 13.8. The molecule has 7 nitrogen and oxygen atoms in total. The fraction of sp³-hybridized carbons (Fsp3) is 0.259. The van der Waals surface area contributed by atoms with Gasteiger partial charge < -0.3 is 10.2 Å². The van der Waals surface area contributed by atoms with Crippen molar-refractivity contribution in [2.75, 3.05) is 17.4 Å². The molecule has 0 fully saturated rings. The van der Waals surface area contributed by atoms with Crippen LogP contribution in [0, 0.1) is 0 Å². The quantitative estimate of drug-likeness (QED) is 0.351. The summed E-state index contributed by atoms with van der Waals surface area (Å²) in [5.41, 5.74) is 0.860. The van der Waals surface area contributed by atoms with E-state index in [1.54, 1.807) is 67.6 Å². The number of hydrogen-bond donors (Lipinski definition) is 1. The zero-order valence-corrected chi connectivity index (χ0v) is 22.9. The maximum Gasteiger partial charge on any atom is 0.264 e. The van der Waals surface area contributed by atoms with E-state index in [2.05, 4.69) is 5.32 Å². The molecule has 196 valence electrons. The van der Waals surface area contributed by atoms with Crippen molar-refractivity contribution >= 4 is 50.7 Å². The molecule has 0 aliphatic carbocycles. The number of nitrogens with zero attached hydrogens (tertiary/aromatic N) is 2. The van der Waals surface area contributed by atoms with Crippen molar-refractivity contribution in [3.05, 3.63) is 94.5 Å². The highest BCUT2D eigenvalue weighted by Crippen LogP contribution is 2.27. The second-order valence-electron chi connectivity index (χ2n) is 8.38. The van der Waals surface area contributed by atoms with Crippen molar-refractivity contribution in [2.45, 2.75) is 37.8 Å². The molecule has 3 rings (SSSR count). The van der Waals surface area contributed by atoms with Crippen LogP contribution in [-0.4, -0.2) is 44.3 Å². The van der Waals surface area contributed by atoms with Gasteiger partial charge in [-0.1, -0.05) is 72.6 Å². The molecule has 0 aliphatic heterocycles. The Morgan fingerprint density at radius 2 is 1.62 bits per heavy atom. The summed E-state index contributed by atoms with van der Waals surface area (Å²) >= 11 is 12.5. The zero-order chi connectivity index (χ0) is 27.0. The second-order valence-corrected chi connectivity index (χ2v) is 11.1. The van der Waals surface area contributed by atoms with E-state index in [0.717, 1.165) is 10.7 Å². The van der Waals surface area contributed by atoms with Gasteiger partial charge >= 0.3 is 0 Å². The molecule has 3 aromatic carbocycles. The van der Waals surface area contributed by atoms with Gasteiger partial charge in [0.25, 0.3) is 10.0 Å². The van der Waals surface area contributed by atoms with E-state index < -0.39 is 28.5 Å². The van der Waals surface area contributed by atoms with Crippen LogP contribution in [0.2, 0.25) is 10.0 Å². The summed E-state index contributed by atoms with van der Waals surface area (Å²) in [7, 11) is -4.14. The lowest BCUT2D eigenvalue weighted by atomic mass is 10.1. The first-order valence-corrected chi connectivity index (χ1v) is 14.0. The van der Waals surface area contributed by atoms with E-state index in [4.69, 9.17) is 23.2 Å². The van der Waals surface area contributed by atoms with Gasteiger partial charge in [-0.3, -0.25) is 13.9 Å². The van der Waals surface area contributed by atoms with Gasteiger partial charge in [-0.25, -0.2) is 8.42 Å². The van der Waals surface area contributed by atoms with Gasteiger partial charge in [-0.15, -0.1) is 0 Å². The van der Waals surface area contributed by atoms with Gasteiger partial charge in [0.05, 0.1) is 10.6 Å². The van der Waals surface area contributed by atoms with Gasteiger partial charge in [-0.2, -0.15) is 0 Å². The minimum atomic E-state index is -4.14. The monoisotopic (exact) mass is 561 g/mol. The van der Waals surface area contributed by atoms with Crippen LogP contribution in [0.4, 0.5) is 5.69 Å². The number of anilines is 1. The molecule has 0 aliphatic rings. The summed E-state index contributed by atoms with van der Waals surface area (Å²) in [4.78, 5) is 28.0. The topological polar surface area (TPSA) is 86.8 Å². The molecule has 37 heavy (non-hydrogen) atoms. The van der Waals surface area contributed by atoms with E-state index in [0.29, 0.717) is 22.2 Å². The first-order chi connectivity index (χ1) is 17.6. The lowest BCUT2D eigenvalue weighted by Crippen LogP contribution is -2.51. The van der Waals surface area contributed by atoms with Crippen molar-refractivity contribution in [3.63, 3.8) is 0 Å². The zero-order valence-electron chi connectivity index (χ0n) is 20.6. The molecule has 0 saturated carbocycles. The molecular weight excluding hydrogens is 533 g/mol. The minimum Gasteiger partial charge on any atom is -0.354 e. The number of carbonyl (C=O) groups excluding carboxylic acids is 2.